The summed E-state index contributed by atoms with van der Waals surface area (Å²) in [4.78, 5) is 27.9. The predicted molar refractivity (Wildman–Crippen MR) is 109 cm³/mol. The highest BCUT2D eigenvalue weighted by Crippen LogP contribution is 2.29. The monoisotopic (exact) mass is 405 g/mol. The molecule has 3 aromatic rings. The van der Waals surface area contributed by atoms with Gasteiger partial charge in [0.05, 0.1) is 6.54 Å². The highest BCUT2D eigenvalue weighted by atomic mass is 19.1. The Morgan fingerprint density at radius 1 is 1.03 bits per heavy atom. The van der Waals surface area contributed by atoms with Gasteiger partial charge >= 0.3 is 0 Å². The summed E-state index contributed by atoms with van der Waals surface area (Å²) in [7, 11) is 0. The van der Waals surface area contributed by atoms with Gasteiger partial charge < -0.3 is 9.64 Å². The van der Waals surface area contributed by atoms with Crippen LogP contribution in [-0.2, 0) is 19.7 Å². The maximum atomic E-state index is 13.8. The van der Waals surface area contributed by atoms with Gasteiger partial charge in [0, 0.05) is 18.3 Å². The third-order valence-electron chi connectivity index (χ3n) is 5.56. The molecular formula is C23H20FN3O3. The summed E-state index contributed by atoms with van der Waals surface area (Å²) in [6.45, 7) is 3.01. The third kappa shape index (κ3) is 3.03. The first kappa shape index (κ1) is 18.4. The quantitative estimate of drug-likeness (QED) is 0.672. The minimum atomic E-state index is -0.309. The molecule has 0 fully saturated rings. The predicted octanol–water partition coefficient (Wildman–Crippen LogP) is 2.94. The SMILES string of the molecule is Cc1cn2c(c(OCc3ccccc3)c1=O)C(=O)N1Cc3ccc(F)cc3CN2C1. The van der Waals surface area contributed by atoms with Crippen LogP contribution >= 0.6 is 0 Å². The zero-order valence-electron chi connectivity index (χ0n) is 16.5. The van der Waals surface area contributed by atoms with E-state index in [1.807, 2.05) is 35.3 Å². The normalized spacial score (nSPS) is 14.8. The van der Waals surface area contributed by atoms with Crippen molar-refractivity contribution in [3.63, 3.8) is 0 Å². The van der Waals surface area contributed by atoms with Crippen molar-refractivity contribution in [1.29, 1.82) is 0 Å². The maximum Gasteiger partial charge on any atom is 0.278 e. The molecule has 0 spiro atoms. The Balaban J connectivity index is 1.60. The van der Waals surface area contributed by atoms with Crippen LogP contribution in [0, 0.1) is 12.7 Å². The van der Waals surface area contributed by atoms with Crippen molar-refractivity contribution in [2.24, 2.45) is 0 Å². The van der Waals surface area contributed by atoms with Crippen molar-refractivity contribution in [3.05, 3.63) is 98.7 Å². The number of hydrogen-bond donors (Lipinski definition) is 0. The van der Waals surface area contributed by atoms with E-state index in [0.29, 0.717) is 25.3 Å². The fourth-order valence-corrected chi connectivity index (χ4v) is 4.00. The van der Waals surface area contributed by atoms with Crippen molar-refractivity contribution in [3.8, 4) is 5.75 Å². The van der Waals surface area contributed by atoms with Gasteiger partial charge in [0.15, 0.2) is 11.4 Å². The molecule has 0 atom stereocenters. The van der Waals surface area contributed by atoms with Crippen LogP contribution < -0.4 is 15.2 Å². The summed E-state index contributed by atoms with van der Waals surface area (Å²) in [6.07, 6.45) is 1.66. The number of halogens is 1. The number of carbonyl (C=O) groups is 1. The zero-order chi connectivity index (χ0) is 20.8. The van der Waals surface area contributed by atoms with E-state index in [2.05, 4.69) is 0 Å². The molecule has 1 amide bonds. The summed E-state index contributed by atoms with van der Waals surface area (Å²) in [5, 5.41) is 1.92. The number of pyridine rings is 1. The lowest BCUT2D eigenvalue weighted by Crippen LogP contribution is -2.52. The number of aryl methyl sites for hydroxylation is 1. The van der Waals surface area contributed by atoms with E-state index in [9.17, 15) is 14.0 Å². The van der Waals surface area contributed by atoms with Crippen molar-refractivity contribution >= 4 is 5.91 Å². The van der Waals surface area contributed by atoms with Crippen molar-refractivity contribution in [2.75, 3.05) is 11.7 Å². The van der Waals surface area contributed by atoms with Gasteiger partial charge in [0.25, 0.3) is 5.91 Å². The number of benzene rings is 2. The van der Waals surface area contributed by atoms with E-state index >= 15 is 0 Å². The van der Waals surface area contributed by atoms with Gasteiger partial charge in [0.1, 0.15) is 19.1 Å². The lowest BCUT2D eigenvalue weighted by molar-refractivity contribution is 0.0676. The molecule has 7 heteroatoms. The fraction of sp³-hybridized carbons (Fsp3) is 0.217. The topological polar surface area (TPSA) is 54.8 Å². The van der Waals surface area contributed by atoms with E-state index in [0.717, 1.165) is 16.7 Å². The second-order valence-corrected chi connectivity index (χ2v) is 7.66. The summed E-state index contributed by atoms with van der Waals surface area (Å²) in [5.41, 5.74) is 3.01. The second-order valence-electron chi connectivity index (χ2n) is 7.66. The fourth-order valence-electron chi connectivity index (χ4n) is 4.00. The molecule has 30 heavy (non-hydrogen) atoms. The van der Waals surface area contributed by atoms with Crippen LogP contribution in [0.15, 0.2) is 59.5 Å². The van der Waals surface area contributed by atoms with Crippen LogP contribution in [-0.4, -0.2) is 22.2 Å². The minimum absolute atomic E-state index is 0.0516. The van der Waals surface area contributed by atoms with Gasteiger partial charge in [-0.15, -0.1) is 0 Å². The Kier molecular flexibility index (Phi) is 4.31. The number of amides is 1. The van der Waals surface area contributed by atoms with Gasteiger partial charge in [-0.05, 0) is 35.7 Å². The molecule has 0 saturated heterocycles. The first-order chi connectivity index (χ1) is 14.5. The molecule has 6 nitrogen and oxygen atoms in total. The van der Waals surface area contributed by atoms with Crippen molar-refractivity contribution in [1.82, 2.24) is 9.58 Å². The molecular weight excluding hydrogens is 385 g/mol. The molecule has 0 aliphatic carbocycles. The highest BCUT2D eigenvalue weighted by molar-refractivity contribution is 5.96. The highest BCUT2D eigenvalue weighted by Gasteiger charge is 2.36. The van der Waals surface area contributed by atoms with Gasteiger partial charge in [-0.2, -0.15) is 0 Å². The van der Waals surface area contributed by atoms with Crippen LogP contribution in [0.5, 0.6) is 5.75 Å². The molecule has 5 rings (SSSR count). The van der Waals surface area contributed by atoms with Crippen LogP contribution in [0.1, 0.15) is 32.7 Å². The lowest BCUT2D eigenvalue weighted by Gasteiger charge is -2.38. The smallest absolute Gasteiger partial charge is 0.278 e. The molecule has 2 aliphatic heterocycles. The van der Waals surface area contributed by atoms with E-state index in [-0.39, 0.29) is 35.2 Å². The average molecular weight is 405 g/mol. The van der Waals surface area contributed by atoms with E-state index in [4.69, 9.17) is 4.74 Å². The number of aromatic nitrogens is 1. The molecule has 1 aromatic heterocycles. The molecule has 0 radical (unpaired) electrons. The largest absolute Gasteiger partial charge is 0.482 e. The zero-order valence-corrected chi connectivity index (χ0v) is 16.5. The Bertz CT molecular complexity index is 1210. The van der Waals surface area contributed by atoms with Crippen molar-refractivity contribution < 1.29 is 13.9 Å². The standard InChI is InChI=1S/C23H20FN3O3/c1-15-10-27-20(22(21(15)28)30-13-16-5-3-2-4-6-16)23(29)25-11-17-7-8-19(24)9-18(17)12-26(27)14-25/h2-10H,11-14H2,1H3. The first-order valence-corrected chi connectivity index (χ1v) is 9.76. The molecule has 2 bridgehead atoms. The van der Waals surface area contributed by atoms with Gasteiger partial charge in [0.2, 0.25) is 5.43 Å². The van der Waals surface area contributed by atoms with Gasteiger partial charge in [-0.1, -0.05) is 36.4 Å². The summed E-state index contributed by atoms with van der Waals surface area (Å²) < 4.78 is 21.4. The number of hydrogen-bond acceptors (Lipinski definition) is 4. The Hall–Kier alpha value is -3.61. The van der Waals surface area contributed by atoms with Crippen LogP contribution in [0.2, 0.25) is 0 Å². The van der Waals surface area contributed by atoms with E-state index < -0.39 is 0 Å². The summed E-state index contributed by atoms with van der Waals surface area (Å²) in [6, 6.07) is 14.1. The third-order valence-corrected chi connectivity index (χ3v) is 5.56. The van der Waals surface area contributed by atoms with Crippen molar-refractivity contribution in [2.45, 2.75) is 26.6 Å². The van der Waals surface area contributed by atoms with E-state index in [1.54, 1.807) is 28.8 Å². The summed E-state index contributed by atoms with van der Waals surface area (Å²) >= 11 is 0. The lowest BCUT2D eigenvalue weighted by atomic mass is 10.1. The Labute approximate surface area is 172 Å². The molecule has 2 aromatic carbocycles. The van der Waals surface area contributed by atoms with Gasteiger partial charge in [-0.3, -0.25) is 19.3 Å². The second kappa shape index (κ2) is 7.02. The first-order valence-electron chi connectivity index (χ1n) is 9.76. The number of carbonyl (C=O) groups excluding carboxylic acids is 1. The minimum Gasteiger partial charge on any atom is -0.482 e. The number of nitrogens with zero attached hydrogens (tertiary/aromatic N) is 3. The molecule has 0 N–H and O–H groups in total. The molecule has 152 valence electrons. The number of fused-ring (bicyclic) bond motifs is 5. The average Bonchev–Trinajstić information content (AvgIpc) is 2.91. The van der Waals surface area contributed by atoms with Gasteiger partial charge in [-0.25, -0.2) is 4.39 Å². The summed E-state index contributed by atoms with van der Waals surface area (Å²) in [5.74, 6) is -0.532. The molecule has 0 saturated carbocycles. The number of ether oxygens (including phenoxy) is 1. The van der Waals surface area contributed by atoms with Crippen LogP contribution in [0.25, 0.3) is 0 Å². The number of rotatable bonds is 3. The Morgan fingerprint density at radius 2 is 1.83 bits per heavy atom. The maximum absolute atomic E-state index is 13.8. The van der Waals surface area contributed by atoms with Crippen LogP contribution in [0.4, 0.5) is 4.39 Å². The molecule has 2 aliphatic rings. The molecule has 0 unspecified atom stereocenters. The molecule has 3 heterocycles. The van der Waals surface area contributed by atoms with E-state index in [1.165, 1.54) is 12.1 Å². The Morgan fingerprint density at radius 3 is 2.63 bits per heavy atom. The van der Waals surface area contributed by atoms with Crippen LogP contribution in [0.3, 0.4) is 0 Å².